The van der Waals surface area contributed by atoms with Gasteiger partial charge in [0, 0.05) is 22.6 Å². The lowest BCUT2D eigenvalue weighted by Crippen LogP contribution is -2.31. The van der Waals surface area contributed by atoms with E-state index in [0.29, 0.717) is 0 Å². The minimum absolute atomic E-state index is 0.0500. The SMILES string of the molecule is CCSCC[C@H](NBr)C(=O)CCC(=O)O. The van der Waals surface area contributed by atoms with Gasteiger partial charge in [0.2, 0.25) is 0 Å². The highest BCUT2D eigenvalue weighted by Crippen LogP contribution is 2.08. The van der Waals surface area contributed by atoms with Gasteiger partial charge in [-0.3, -0.25) is 9.59 Å². The molecule has 4 nitrogen and oxygen atoms in total. The number of thioether (sulfide) groups is 1. The highest BCUT2D eigenvalue weighted by molar-refractivity contribution is 9.08. The van der Waals surface area contributed by atoms with E-state index in [1.807, 2.05) is 0 Å². The molecule has 88 valence electrons. The Hall–Kier alpha value is -0.0700. The molecule has 0 aliphatic carbocycles. The van der Waals surface area contributed by atoms with Crippen LogP contribution in [0.4, 0.5) is 0 Å². The molecule has 0 fully saturated rings. The fraction of sp³-hybridized carbons (Fsp3) is 0.778. The molecular weight excluding hydrogens is 282 g/mol. The third kappa shape index (κ3) is 7.81. The molecule has 6 heteroatoms. The van der Waals surface area contributed by atoms with Crippen LogP contribution in [0.15, 0.2) is 0 Å². The summed E-state index contributed by atoms with van der Waals surface area (Å²) < 4.78 is 2.74. The molecule has 0 bridgehead atoms. The number of carbonyl (C=O) groups excluding carboxylic acids is 1. The first-order valence-electron chi connectivity index (χ1n) is 4.80. The number of hydrogen-bond acceptors (Lipinski definition) is 4. The van der Waals surface area contributed by atoms with Gasteiger partial charge in [0.05, 0.1) is 12.5 Å². The van der Waals surface area contributed by atoms with Crippen molar-refractivity contribution in [2.45, 2.75) is 32.2 Å². The summed E-state index contributed by atoms with van der Waals surface area (Å²) in [5, 5.41) is 8.44. The maximum absolute atomic E-state index is 11.5. The molecule has 0 aromatic rings. The fourth-order valence-corrected chi connectivity index (χ4v) is 2.20. The van der Waals surface area contributed by atoms with Crippen LogP contribution in [0.1, 0.15) is 26.2 Å². The monoisotopic (exact) mass is 297 g/mol. The van der Waals surface area contributed by atoms with Crippen LogP contribution in [-0.4, -0.2) is 34.4 Å². The first-order chi connectivity index (χ1) is 7.11. The third-order valence-corrected chi connectivity index (χ3v) is 3.35. The Morgan fingerprint density at radius 1 is 1.47 bits per heavy atom. The first-order valence-corrected chi connectivity index (χ1v) is 6.75. The van der Waals surface area contributed by atoms with Crippen LogP contribution >= 0.6 is 27.9 Å². The summed E-state index contributed by atoms with van der Waals surface area (Å²) in [5.74, 6) is 0.947. The number of carboxylic acids is 1. The largest absolute Gasteiger partial charge is 0.481 e. The zero-order chi connectivity index (χ0) is 11.7. The van der Waals surface area contributed by atoms with Crippen LogP contribution in [0.3, 0.4) is 0 Å². The number of carbonyl (C=O) groups is 2. The van der Waals surface area contributed by atoms with Crippen LogP contribution in [0.5, 0.6) is 0 Å². The zero-order valence-corrected chi connectivity index (χ0v) is 11.1. The first kappa shape index (κ1) is 14.9. The lowest BCUT2D eigenvalue weighted by atomic mass is 10.1. The van der Waals surface area contributed by atoms with Crippen molar-refractivity contribution in [1.29, 1.82) is 0 Å². The Morgan fingerprint density at radius 2 is 2.13 bits per heavy atom. The molecule has 0 aliphatic rings. The summed E-state index contributed by atoms with van der Waals surface area (Å²) in [5.41, 5.74) is 0. The number of halogens is 1. The molecule has 15 heavy (non-hydrogen) atoms. The van der Waals surface area contributed by atoms with E-state index in [9.17, 15) is 9.59 Å². The van der Waals surface area contributed by atoms with Crippen LogP contribution in [-0.2, 0) is 9.59 Å². The van der Waals surface area contributed by atoms with Crippen molar-refractivity contribution in [3.63, 3.8) is 0 Å². The molecule has 0 heterocycles. The van der Waals surface area contributed by atoms with E-state index in [4.69, 9.17) is 5.11 Å². The second-order valence-electron chi connectivity index (χ2n) is 3.01. The molecule has 0 radical (unpaired) electrons. The Morgan fingerprint density at radius 3 is 2.60 bits per heavy atom. The van der Waals surface area contributed by atoms with Gasteiger partial charge in [-0.2, -0.15) is 11.8 Å². The van der Waals surface area contributed by atoms with Gasteiger partial charge in [-0.25, -0.2) is 4.34 Å². The summed E-state index contributed by atoms with van der Waals surface area (Å²) in [7, 11) is 0. The van der Waals surface area contributed by atoms with E-state index in [2.05, 4.69) is 27.4 Å². The van der Waals surface area contributed by atoms with Gasteiger partial charge in [0.1, 0.15) is 0 Å². The van der Waals surface area contributed by atoms with Gasteiger partial charge in [-0.05, 0) is 17.9 Å². The van der Waals surface area contributed by atoms with Gasteiger partial charge in [0.25, 0.3) is 0 Å². The minimum Gasteiger partial charge on any atom is -0.481 e. The number of ketones is 1. The smallest absolute Gasteiger partial charge is 0.303 e. The quantitative estimate of drug-likeness (QED) is 0.502. The Labute approximate surface area is 103 Å². The Bertz CT molecular complexity index is 214. The zero-order valence-electron chi connectivity index (χ0n) is 8.66. The highest BCUT2D eigenvalue weighted by atomic mass is 79.9. The minimum atomic E-state index is -0.931. The van der Waals surface area contributed by atoms with Crippen LogP contribution < -0.4 is 4.34 Å². The van der Waals surface area contributed by atoms with Crippen molar-refractivity contribution in [2.75, 3.05) is 11.5 Å². The number of rotatable bonds is 9. The molecule has 0 rings (SSSR count). The van der Waals surface area contributed by atoms with E-state index in [-0.39, 0.29) is 24.7 Å². The van der Waals surface area contributed by atoms with Crippen LogP contribution in [0.25, 0.3) is 0 Å². The maximum atomic E-state index is 11.5. The van der Waals surface area contributed by atoms with E-state index >= 15 is 0 Å². The predicted molar refractivity (Wildman–Crippen MR) is 65.3 cm³/mol. The van der Waals surface area contributed by atoms with Crippen LogP contribution in [0.2, 0.25) is 0 Å². The summed E-state index contributed by atoms with van der Waals surface area (Å²) in [4.78, 5) is 21.8. The van der Waals surface area contributed by atoms with Gasteiger partial charge < -0.3 is 5.11 Å². The molecule has 0 saturated heterocycles. The summed E-state index contributed by atoms with van der Waals surface area (Å²) in [6.45, 7) is 2.06. The molecule has 0 saturated carbocycles. The molecule has 0 aromatic carbocycles. The molecule has 0 spiro atoms. The van der Waals surface area contributed by atoms with Gasteiger partial charge >= 0.3 is 5.97 Å². The average molecular weight is 298 g/mol. The van der Waals surface area contributed by atoms with E-state index in [0.717, 1.165) is 17.9 Å². The van der Waals surface area contributed by atoms with Gasteiger partial charge in [-0.1, -0.05) is 6.92 Å². The fourth-order valence-electron chi connectivity index (χ4n) is 1.03. The number of carboxylic acid groups (broad SMARTS) is 1. The molecule has 0 aliphatic heterocycles. The lowest BCUT2D eigenvalue weighted by Gasteiger charge is -2.12. The summed E-state index contributed by atoms with van der Waals surface area (Å²) in [6.07, 6.45) is 0.725. The summed E-state index contributed by atoms with van der Waals surface area (Å²) in [6, 6.07) is -0.275. The predicted octanol–water partition coefficient (Wildman–Crippen LogP) is 1.83. The van der Waals surface area contributed by atoms with E-state index in [1.54, 1.807) is 11.8 Å². The Balaban J connectivity index is 3.82. The number of Topliss-reactive ketones (excluding diaryl/α,β-unsaturated/α-hetero) is 1. The molecule has 2 N–H and O–H groups in total. The van der Waals surface area contributed by atoms with E-state index < -0.39 is 5.97 Å². The van der Waals surface area contributed by atoms with Crippen molar-refractivity contribution in [1.82, 2.24) is 4.34 Å². The Kier molecular flexibility index (Phi) is 9.13. The third-order valence-electron chi connectivity index (χ3n) is 1.86. The van der Waals surface area contributed by atoms with Crippen molar-refractivity contribution >= 4 is 39.7 Å². The summed E-state index contributed by atoms with van der Waals surface area (Å²) >= 11 is 4.81. The number of hydrogen-bond donors (Lipinski definition) is 2. The van der Waals surface area contributed by atoms with Crippen molar-refractivity contribution in [2.24, 2.45) is 0 Å². The number of aliphatic carboxylic acids is 1. The molecule has 0 unspecified atom stereocenters. The highest BCUT2D eigenvalue weighted by Gasteiger charge is 2.17. The van der Waals surface area contributed by atoms with Gasteiger partial charge in [0.15, 0.2) is 5.78 Å². The average Bonchev–Trinajstić information content (AvgIpc) is 2.21. The van der Waals surface area contributed by atoms with Crippen molar-refractivity contribution < 1.29 is 14.7 Å². The number of nitrogens with one attached hydrogen (secondary N) is 1. The molecule has 1 atom stereocenters. The second-order valence-corrected chi connectivity index (χ2v) is 4.86. The molecular formula is C9H16BrNO3S. The standard InChI is InChI=1S/C9H16BrNO3S/c1-2-15-6-5-7(11-10)8(12)3-4-9(13)14/h7,11H,2-6H2,1H3,(H,13,14)/t7-/m0/s1. The van der Waals surface area contributed by atoms with Crippen molar-refractivity contribution in [3.8, 4) is 0 Å². The topological polar surface area (TPSA) is 66.4 Å². The molecule has 0 amide bonds. The maximum Gasteiger partial charge on any atom is 0.303 e. The van der Waals surface area contributed by atoms with Crippen LogP contribution in [0, 0.1) is 0 Å². The van der Waals surface area contributed by atoms with E-state index in [1.165, 1.54) is 0 Å². The molecule has 0 aromatic heterocycles. The van der Waals surface area contributed by atoms with Gasteiger partial charge in [-0.15, -0.1) is 0 Å². The normalized spacial score (nSPS) is 12.4. The lowest BCUT2D eigenvalue weighted by molar-refractivity contribution is -0.138. The second kappa shape index (κ2) is 9.18. The van der Waals surface area contributed by atoms with Crippen molar-refractivity contribution in [3.05, 3.63) is 0 Å².